The smallest absolute Gasteiger partial charge is 0.269 e. The number of aromatic nitrogens is 2. The van der Waals surface area contributed by atoms with E-state index in [0.29, 0.717) is 30.9 Å². The number of sulfonamides is 1. The molecular weight excluding hydrogens is 578 g/mol. The van der Waals surface area contributed by atoms with E-state index in [0.717, 1.165) is 54.5 Å². The third-order valence-electron chi connectivity index (χ3n) is 8.02. The Labute approximate surface area is 258 Å². The summed E-state index contributed by atoms with van der Waals surface area (Å²) in [6, 6.07) is 22.6. The van der Waals surface area contributed by atoms with E-state index in [-0.39, 0.29) is 10.6 Å². The number of rotatable bonds is 13. The zero-order valence-corrected chi connectivity index (χ0v) is 25.8. The molecule has 0 unspecified atom stereocenters. The second kappa shape index (κ2) is 14.1. The van der Waals surface area contributed by atoms with E-state index in [1.54, 1.807) is 0 Å². The summed E-state index contributed by atoms with van der Waals surface area (Å²) in [6.45, 7) is 1.24. The number of hydrogen-bond donors (Lipinski definition) is 3. The summed E-state index contributed by atoms with van der Waals surface area (Å²) >= 11 is 0. The van der Waals surface area contributed by atoms with Crippen LogP contribution in [0.15, 0.2) is 83.8 Å². The largest absolute Gasteiger partial charge is 0.362 e. The van der Waals surface area contributed by atoms with Crippen molar-refractivity contribution in [2.45, 2.75) is 49.1 Å². The Hall–Kier alpha value is -4.13. The van der Waals surface area contributed by atoms with Gasteiger partial charge in [-0.1, -0.05) is 42.5 Å². The van der Waals surface area contributed by atoms with Crippen LogP contribution in [-0.2, 0) is 16.4 Å². The number of nitro benzene ring substituents is 1. The zero-order valence-electron chi connectivity index (χ0n) is 25.0. The molecule has 44 heavy (non-hydrogen) atoms. The molecule has 0 saturated heterocycles. The highest BCUT2D eigenvalue weighted by molar-refractivity contribution is 7.89. The molecule has 1 fully saturated rings. The maximum Gasteiger partial charge on any atom is 0.269 e. The van der Waals surface area contributed by atoms with Crippen LogP contribution in [0.1, 0.15) is 31.2 Å². The van der Waals surface area contributed by atoms with Gasteiger partial charge in [-0.05, 0) is 74.4 Å². The number of para-hydroxylation sites is 1. The SMILES string of the molecule is CN(C)c1nc(N[C@H]2CC[C@@H](CNC[C@H](Cc3ccccc3)NS(=O)(=O)c3ccc([N+](=O)[O-])cc3)CC2)nc2ccccc12. The lowest BCUT2D eigenvalue weighted by atomic mass is 9.86. The van der Waals surface area contributed by atoms with Crippen molar-refractivity contribution < 1.29 is 13.3 Å². The van der Waals surface area contributed by atoms with Gasteiger partial charge in [0.1, 0.15) is 5.82 Å². The first-order valence-electron chi connectivity index (χ1n) is 14.9. The van der Waals surface area contributed by atoms with Gasteiger partial charge in [0.25, 0.3) is 5.69 Å². The standard InChI is InChI=1S/C32H39N7O4S/c1-38(2)31-29-10-6-7-11-30(29)35-32(36-31)34-25-14-12-24(13-15-25)21-33-22-26(20-23-8-4-3-5-9-23)37-44(42,43)28-18-16-27(17-19-28)39(40)41/h3-11,16-19,24-26,33,37H,12-15,20-22H2,1-2H3,(H,34,35,36)/t24-,25+,26-/m0/s1. The number of benzene rings is 3. The number of nitrogens with zero attached hydrogens (tertiary/aromatic N) is 4. The number of anilines is 2. The molecule has 1 aliphatic rings. The van der Waals surface area contributed by atoms with Gasteiger partial charge in [-0.25, -0.2) is 18.1 Å². The Morgan fingerprint density at radius 1 is 0.932 bits per heavy atom. The summed E-state index contributed by atoms with van der Waals surface area (Å²) in [5.41, 5.74) is 1.78. The summed E-state index contributed by atoms with van der Waals surface area (Å²) in [7, 11) is 0.103. The Morgan fingerprint density at radius 3 is 2.30 bits per heavy atom. The average Bonchev–Trinajstić information content (AvgIpc) is 3.02. The molecule has 3 aromatic carbocycles. The molecule has 4 aromatic rings. The molecular formula is C32H39N7O4S. The van der Waals surface area contributed by atoms with Gasteiger partial charge in [-0.3, -0.25) is 10.1 Å². The number of non-ortho nitro benzene ring substituents is 1. The van der Waals surface area contributed by atoms with Crippen LogP contribution in [0.4, 0.5) is 17.5 Å². The van der Waals surface area contributed by atoms with Gasteiger partial charge in [-0.15, -0.1) is 0 Å². The van der Waals surface area contributed by atoms with Crippen molar-refractivity contribution in [3.63, 3.8) is 0 Å². The molecule has 5 rings (SSSR count). The van der Waals surface area contributed by atoms with Crippen LogP contribution < -0.4 is 20.3 Å². The topological polar surface area (TPSA) is 142 Å². The van der Waals surface area contributed by atoms with Gasteiger partial charge in [0, 0.05) is 50.2 Å². The third kappa shape index (κ3) is 8.07. The van der Waals surface area contributed by atoms with Gasteiger partial charge in [0.15, 0.2) is 0 Å². The molecule has 0 aliphatic heterocycles. The van der Waals surface area contributed by atoms with Crippen LogP contribution >= 0.6 is 0 Å². The lowest BCUT2D eigenvalue weighted by Crippen LogP contribution is -2.44. The maximum atomic E-state index is 13.2. The molecule has 0 amide bonds. The molecule has 1 atom stereocenters. The highest BCUT2D eigenvalue weighted by atomic mass is 32.2. The molecule has 232 valence electrons. The first kappa shape index (κ1) is 31.3. The monoisotopic (exact) mass is 617 g/mol. The quantitative estimate of drug-likeness (QED) is 0.143. The molecule has 0 bridgehead atoms. The lowest BCUT2D eigenvalue weighted by Gasteiger charge is -2.30. The minimum Gasteiger partial charge on any atom is -0.362 e. The van der Waals surface area contributed by atoms with Crippen molar-refractivity contribution in [2.24, 2.45) is 5.92 Å². The van der Waals surface area contributed by atoms with E-state index in [1.165, 1.54) is 24.3 Å². The Bertz CT molecular complexity index is 1660. The van der Waals surface area contributed by atoms with Gasteiger partial charge in [0.05, 0.1) is 15.3 Å². The van der Waals surface area contributed by atoms with Crippen molar-refractivity contribution in [2.75, 3.05) is 37.4 Å². The van der Waals surface area contributed by atoms with E-state index in [2.05, 4.69) is 15.4 Å². The summed E-state index contributed by atoms with van der Waals surface area (Å²) in [4.78, 5) is 22.0. The van der Waals surface area contributed by atoms with Gasteiger partial charge in [0.2, 0.25) is 16.0 Å². The van der Waals surface area contributed by atoms with Crippen LogP contribution in [0.5, 0.6) is 0 Å². The highest BCUT2D eigenvalue weighted by Gasteiger charge is 2.24. The Morgan fingerprint density at radius 2 is 1.61 bits per heavy atom. The second-order valence-electron chi connectivity index (χ2n) is 11.6. The van der Waals surface area contributed by atoms with Crippen LogP contribution in [0.25, 0.3) is 10.9 Å². The predicted octanol–water partition coefficient (Wildman–Crippen LogP) is 4.75. The van der Waals surface area contributed by atoms with Crippen molar-refractivity contribution in [3.8, 4) is 0 Å². The number of nitro groups is 1. The number of hydrogen-bond acceptors (Lipinski definition) is 9. The highest BCUT2D eigenvalue weighted by Crippen LogP contribution is 2.28. The molecule has 1 saturated carbocycles. The van der Waals surface area contributed by atoms with Crippen LogP contribution in [0, 0.1) is 16.0 Å². The Kier molecular flexibility index (Phi) is 10.0. The molecule has 11 nitrogen and oxygen atoms in total. The first-order chi connectivity index (χ1) is 21.2. The summed E-state index contributed by atoms with van der Waals surface area (Å²) in [6.07, 6.45) is 4.59. The van der Waals surface area contributed by atoms with E-state index in [4.69, 9.17) is 9.97 Å². The zero-order chi connectivity index (χ0) is 31.1. The maximum absolute atomic E-state index is 13.2. The summed E-state index contributed by atoms with van der Waals surface area (Å²) < 4.78 is 29.2. The van der Waals surface area contributed by atoms with Crippen LogP contribution in [0.3, 0.4) is 0 Å². The van der Waals surface area contributed by atoms with Crippen molar-refractivity contribution in [1.82, 2.24) is 20.0 Å². The molecule has 12 heteroatoms. The van der Waals surface area contributed by atoms with Gasteiger partial charge < -0.3 is 15.5 Å². The molecule has 1 aliphatic carbocycles. The molecule has 3 N–H and O–H groups in total. The van der Waals surface area contributed by atoms with E-state index in [1.807, 2.05) is 73.6 Å². The first-order valence-corrected chi connectivity index (χ1v) is 16.4. The fourth-order valence-electron chi connectivity index (χ4n) is 5.71. The second-order valence-corrected chi connectivity index (χ2v) is 13.3. The van der Waals surface area contributed by atoms with Crippen LogP contribution in [0.2, 0.25) is 0 Å². The third-order valence-corrected chi connectivity index (χ3v) is 9.55. The minimum atomic E-state index is -3.87. The average molecular weight is 618 g/mol. The van der Waals surface area contributed by atoms with E-state index < -0.39 is 21.0 Å². The molecule has 0 radical (unpaired) electrons. The van der Waals surface area contributed by atoms with E-state index in [9.17, 15) is 18.5 Å². The lowest BCUT2D eigenvalue weighted by molar-refractivity contribution is -0.384. The normalized spacial score (nSPS) is 17.7. The Balaban J connectivity index is 1.16. The fraction of sp³-hybridized carbons (Fsp3) is 0.375. The van der Waals surface area contributed by atoms with Gasteiger partial charge >= 0.3 is 0 Å². The summed E-state index contributed by atoms with van der Waals surface area (Å²) in [5.74, 6) is 2.02. The molecule has 0 spiro atoms. The summed E-state index contributed by atoms with van der Waals surface area (Å²) in [5, 5.41) is 19.1. The number of nitrogens with one attached hydrogen (secondary N) is 3. The predicted molar refractivity (Wildman–Crippen MR) is 173 cm³/mol. The minimum absolute atomic E-state index is 0.0000737. The van der Waals surface area contributed by atoms with Crippen molar-refractivity contribution in [1.29, 1.82) is 0 Å². The van der Waals surface area contributed by atoms with Crippen molar-refractivity contribution in [3.05, 3.63) is 94.5 Å². The van der Waals surface area contributed by atoms with E-state index >= 15 is 0 Å². The number of fused-ring (bicyclic) bond motifs is 1. The molecule has 1 heterocycles. The van der Waals surface area contributed by atoms with Crippen LogP contribution in [-0.4, -0.2) is 62.6 Å². The molecule has 1 aromatic heterocycles. The van der Waals surface area contributed by atoms with Gasteiger partial charge in [-0.2, -0.15) is 4.98 Å². The van der Waals surface area contributed by atoms with Crippen molar-refractivity contribution >= 4 is 38.4 Å². The fourth-order valence-corrected chi connectivity index (χ4v) is 6.95.